The van der Waals surface area contributed by atoms with Crippen molar-refractivity contribution in [2.45, 2.75) is 18.2 Å². The van der Waals surface area contributed by atoms with Gasteiger partial charge in [0.15, 0.2) is 0 Å². The van der Waals surface area contributed by atoms with E-state index in [0.717, 1.165) is 12.8 Å². The van der Waals surface area contributed by atoms with Crippen LogP contribution in [0.15, 0.2) is 0 Å². The van der Waals surface area contributed by atoms with Gasteiger partial charge in [-0.1, -0.05) is 0 Å². The van der Waals surface area contributed by atoms with Crippen molar-refractivity contribution in [2.24, 2.45) is 0 Å². The maximum absolute atomic E-state index is 5.86. The van der Waals surface area contributed by atoms with E-state index in [-0.39, 0.29) is 23.1 Å². The molecule has 1 aliphatic rings. The summed E-state index contributed by atoms with van der Waals surface area (Å²) in [7, 11) is 2.14. The van der Waals surface area contributed by atoms with Crippen molar-refractivity contribution in [2.75, 3.05) is 20.1 Å². The standard InChI is InChI=1S/C6H12ClN.Mg/c1-8-4-2-6(7)3-5-8;/h6H,2-5H2,1H3;. The van der Waals surface area contributed by atoms with Crippen molar-refractivity contribution in [1.82, 2.24) is 4.90 Å². The zero-order valence-corrected chi connectivity index (χ0v) is 8.11. The van der Waals surface area contributed by atoms with Crippen molar-refractivity contribution in [3.63, 3.8) is 0 Å². The molecule has 0 unspecified atom stereocenters. The lowest BCUT2D eigenvalue weighted by Gasteiger charge is -2.24. The summed E-state index contributed by atoms with van der Waals surface area (Å²) in [5, 5.41) is 0.450. The Kier molecular flexibility index (Phi) is 5.31. The van der Waals surface area contributed by atoms with E-state index in [1.807, 2.05) is 0 Å². The van der Waals surface area contributed by atoms with Crippen LogP contribution in [0.5, 0.6) is 0 Å². The lowest BCUT2D eigenvalue weighted by Crippen LogP contribution is -2.30. The predicted molar refractivity (Wildman–Crippen MR) is 42.1 cm³/mol. The van der Waals surface area contributed by atoms with Crippen LogP contribution in [0.25, 0.3) is 0 Å². The quantitative estimate of drug-likeness (QED) is 0.374. The lowest BCUT2D eigenvalue weighted by atomic mass is 10.1. The summed E-state index contributed by atoms with van der Waals surface area (Å²) in [4.78, 5) is 2.32. The van der Waals surface area contributed by atoms with E-state index < -0.39 is 0 Å². The highest BCUT2D eigenvalue weighted by atomic mass is 35.5. The SMILES string of the molecule is CN1CCC(Cl)CC1.[Mg]. The van der Waals surface area contributed by atoms with E-state index in [4.69, 9.17) is 11.6 Å². The zero-order valence-electron chi connectivity index (χ0n) is 5.94. The molecule has 1 nitrogen and oxygen atoms in total. The predicted octanol–water partition coefficient (Wildman–Crippen LogP) is 0.939. The molecule has 1 heterocycles. The second-order valence-corrected chi connectivity index (χ2v) is 3.10. The first kappa shape index (κ1) is 10.0. The molecule has 1 rings (SSSR count). The Hall–Kier alpha value is 1.02. The minimum atomic E-state index is 0. The molecular formula is C6H12ClMgN. The number of halogens is 1. The summed E-state index contributed by atoms with van der Waals surface area (Å²) >= 11 is 5.86. The molecule has 1 aliphatic heterocycles. The molecule has 0 aromatic carbocycles. The van der Waals surface area contributed by atoms with Crippen LogP contribution < -0.4 is 0 Å². The molecule has 0 aromatic rings. The molecule has 0 amide bonds. The summed E-state index contributed by atoms with van der Waals surface area (Å²) < 4.78 is 0. The first-order chi connectivity index (χ1) is 3.79. The monoisotopic (exact) mass is 157 g/mol. The fraction of sp³-hybridized carbons (Fsp3) is 1.00. The Morgan fingerprint density at radius 2 is 1.78 bits per heavy atom. The Morgan fingerprint density at radius 3 is 2.11 bits per heavy atom. The van der Waals surface area contributed by atoms with Crippen LogP contribution in [0.3, 0.4) is 0 Å². The van der Waals surface area contributed by atoms with Crippen molar-refractivity contribution < 1.29 is 0 Å². The first-order valence-electron chi connectivity index (χ1n) is 3.11. The van der Waals surface area contributed by atoms with Gasteiger partial charge in [0, 0.05) is 28.4 Å². The minimum Gasteiger partial charge on any atom is -0.306 e. The molecule has 0 aromatic heterocycles. The van der Waals surface area contributed by atoms with Gasteiger partial charge >= 0.3 is 0 Å². The third-order valence-electron chi connectivity index (χ3n) is 1.65. The van der Waals surface area contributed by atoms with E-state index in [1.54, 1.807) is 0 Å². The average molecular weight is 158 g/mol. The number of rotatable bonds is 0. The van der Waals surface area contributed by atoms with Gasteiger partial charge in [0.2, 0.25) is 0 Å². The first-order valence-corrected chi connectivity index (χ1v) is 3.55. The molecule has 0 N–H and O–H groups in total. The number of hydrogen-bond acceptors (Lipinski definition) is 1. The summed E-state index contributed by atoms with van der Waals surface area (Å²) in [6, 6.07) is 0. The van der Waals surface area contributed by atoms with Gasteiger partial charge in [-0.05, 0) is 33.0 Å². The highest BCUT2D eigenvalue weighted by Gasteiger charge is 2.12. The van der Waals surface area contributed by atoms with Crippen LogP contribution in [0.1, 0.15) is 12.8 Å². The molecule has 0 atom stereocenters. The number of nitrogens with zero attached hydrogens (tertiary/aromatic N) is 1. The Labute approximate surface area is 77.9 Å². The van der Waals surface area contributed by atoms with E-state index in [0.29, 0.717) is 5.38 Å². The van der Waals surface area contributed by atoms with Crippen LogP contribution in [0.2, 0.25) is 0 Å². The highest BCUT2D eigenvalue weighted by Crippen LogP contribution is 2.13. The zero-order chi connectivity index (χ0) is 5.98. The molecule has 0 bridgehead atoms. The van der Waals surface area contributed by atoms with Crippen LogP contribution >= 0.6 is 11.6 Å². The van der Waals surface area contributed by atoms with Crippen LogP contribution in [0, 0.1) is 0 Å². The highest BCUT2D eigenvalue weighted by molar-refractivity contribution is 6.20. The van der Waals surface area contributed by atoms with Crippen molar-refractivity contribution in [3.8, 4) is 0 Å². The topological polar surface area (TPSA) is 3.24 Å². The normalized spacial score (nSPS) is 23.3. The number of alkyl halides is 1. The second kappa shape index (κ2) is 4.77. The fourth-order valence-corrected chi connectivity index (χ4v) is 1.17. The smallest absolute Gasteiger partial charge is 0.0360 e. The van der Waals surface area contributed by atoms with Gasteiger partial charge in [-0.2, -0.15) is 0 Å². The van der Waals surface area contributed by atoms with E-state index in [9.17, 15) is 0 Å². The molecule has 0 saturated carbocycles. The summed E-state index contributed by atoms with van der Waals surface area (Å²) in [6.45, 7) is 2.35. The Balaban J connectivity index is 0.000000640. The minimum absolute atomic E-state index is 0. The van der Waals surface area contributed by atoms with Gasteiger partial charge < -0.3 is 4.90 Å². The molecular weight excluding hydrogens is 146 g/mol. The third-order valence-corrected chi connectivity index (χ3v) is 2.08. The Morgan fingerprint density at radius 1 is 1.33 bits per heavy atom. The molecule has 2 radical (unpaired) electrons. The van der Waals surface area contributed by atoms with E-state index in [2.05, 4.69) is 11.9 Å². The molecule has 0 aliphatic carbocycles. The Bertz CT molecular complexity index is 61.5. The van der Waals surface area contributed by atoms with Crippen molar-refractivity contribution in [1.29, 1.82) is 0 Å². The number of hydrogen-bond donors (Lipinski definition) is 0. The van der Waals surface area contributed by atoms with Gasteiger partial charge in [-0.15, -0.1) is 11.6 Å². The van der Waals surface area contributed by atoms with Gasteiger partial charge in [0.25, 0.3) is 0 Å². The van der Waals surface area contributed by atoms with Gasteiger partial charge in [0.05, 0.1) is 0 Å². The van der Waals surface area contributed by atoms with E-state index >= 15 is 0 Å². The molecule has 9 heavy (non-hydrogen) atoms. The number of likely N-dealkylation sites (tertiary alicyclic amines) is 1. The fourth-order valence-electron chi connectivity index (χ4n) is 0.977. The van der Waals surface area contributed by atoms with Crippen molar-refractivity contribution >= 4 is 34.7 Å². The largest absolute Gasteiger partial charge is 0.306 e. The van der Waals surface area contributed by atoms with Crippen LogP contribution in [-0.2, 0) is 0 Å². The molecule has 1 saturated heterocycles. The van der Waals surface area contributed by atoms with Crippen molar-refractivity contribution in [3.05, 3.63) is 0 Å². The summed E-state index contributed by atoms with van der Waals surface area (Å²) in [5.41, 5.74) is 0. The number of piperidine rings is 1. The maximum Gasteiger partial charge on any atom is 0.0360 e. The van der Waals surface area contributed by atoms with Crippen LogP contribution in [0.4, 0.5) is 0 Å². The second-order valence-electron chi connectivity index (χ2n) is 2.48. The summed E-state index contributed by atoms with van der Waals surface area (Å²) in [6.07, 6.45) is 2.33. The maximum atomic E-state index is 5.86. The lowest BCUT2D eigenvalue weighted by molar-refractivity contribution is 0.280. The molecule has 3 heteroatoms. The van der Waals surface area contributed by atoms with Crippen LogP contribution in [-0.4, -0.2) is 53.5 Å². The summed E-state index contributed by atoms with van der Waals surface area (Å²) in [5.74, 6) is 0. The molecule has 0 spiro atoms. The van der Waals surface area contributed by atoms with Gasteiger partial charge in [-0.25, -0.2) is 0 Å². The average Bonchev–Trinajstić information content (AvgIpc) is 1.77. The van der Waals surface area contributed by atoms with Gasteiger partial charge in [0.1, 0.15) is 0 Å². The van der Waals surface area contributed by atoms with Gasteiger partial charge in [-0.3, -0.25) is 0 Å². The third kappa shape index (κ3) is 3.66. The molecule has 50 valence electrons. The van der Waals surface area contributed by atoms with E-state index in [1.165, 1.54) is 13.1 Å². The molecule has 1 fully saturated rings.